The summed E-state index contributed by atoms with van der Waals surface area (Å²) in [4.78, 5) is 22.1. The Kier molecular flexibility index (Phi) is 4.24. The molecule has 1 atom stereocenters. The number of hydrogen-bond donors (Lipinski definition) is 1. The SMILES string of the molecule is Cc1ccc(-c2cnc([C@@H]3CC(=O)N(CC(C)C)C3)[nH]2)c(C)c1. The largest absolute Gasteiger partial charge is 0.342 e. The van der Waals surface area contributed by atoms with E-state index in [1.807, 2.05) is 11.1 Å². The van der Waals surface area contributed by atoms with Crippen LogP contribution in [0.4, 0.5) is 0 Å². The normalized spacial score (nSPS) is 18.2. The van der Waals surface area contributed by atoms with Crippen molar-refractivity contribution in [2.75, 3.05) is 13.1 Å². The Bertz CT molecular complexity index is 717. The van der Waals surface area contributed by atoms with Gasteiger partial charge in [0.2, 0.25) is 5.91 Å². The number of carbonyl (C=O) groups is 1. The number of nitrogens with one attached hydrogen (secondary N) is 1. The molecule has 1 amide bonds. The molecule has 23 heavy (non-hydrogen) atoms. The third-order valence-electron chi connectivity index (χ3n) is 4.45. The number of aromatic nitrogens is 2. The number of hydrogen-bond acceptors (Lipinski definition) is 2. The lowest BCUT2D eigenvalue weighted by molar-refractivity contribution is -0.128. The second-order valence-corrected chi connectivity index (χ2v) is 7.09. The summed E-state index contributed by atoms with van der Waals surface area (Å²) in [5.41, 5.74) is 4.71. The number of amides is 1. The van der Waals surface area contributed by atoms with Crippen LogP contribution in [-0.4, -0.2) is 33.9 Å². The molecule has 0 aliphatic carbocycles. The molecule has 0 spiro atoms. The fraction of sp³-hybridized carbons (Fsp3) is 0.474. The van der Waals surface area contributed by atoms with Gasteiger partial charge in [0.15, 0.2) is 0 Å². The Hall–Kier alpha value is -2.10. The predicted octanol–water partition coefficient (Wildman–Crippen LogP) is 3.67. The number of imidazole rings is 1. The van der Waals surface area contributed by atoms with Crippen molar-refractivity contribution in [2.24, 2.45) is 5.92 Å². The van der Waals surface area contributed by atoms with Crippen molar-refractivity contribution in [1.82, 2.24) is 14.9 Å². The molecule has 0 radical (unpaired) electrons. The third-order valence-corrected chi connectivity index (χ3v) is 4.45. The van der Waals surface area contributed by atoms with Gasteiger partial charge in [-0.3, -0.25) is 4.79 Å². The van der Waals surface area contributed by atoms with Crippen LogP contribution in [0.25, 0.3) is 11.3 Å². The molecule has 1 aliphatic heterocycles. The van der Waals surface area contributed by atoms with E-state index in [0.29, 0.717) is 12.3 Å². The Labute approximate surface area is 137 Å². The first-order valence-electron chi connectivity index (χ1n) is 8.34. The van der Waals surface area contributed by atoms with Crippen LogP contribution in [0.3, 0.4) is 0 Å². The highest BCUT2D eigenvalue weighted by Crippen LogP contribution is 2.29. The van der Waals surface area contributed by atoms with Crippen molar-refractivity contribution in [2.45, 2.75) is 40.0 Å². The van der Waals surface area contributed by atoms with Crippen molar-refractivity contribution in [3.8, 4) is 11.3 Å². The molecule has 3 rings (SSSR count). The maximum atomic E-state index is 12.1. The van der Waals surface area contributed by atoms with E-state index in [1.165, 1.54) is 16.7 Å². The summed E-state index contributed by atoms with van der Waals surface area (Å²) in [6.07, 6.45) is 2.45. The lowest BCUT2D eigenvalue weighted by Crippen LogP contribution is -2.29. The predicted molar refractivity (Wildman–Crippen MR) is 92.3 cm³/mol. The summed E-state index contributed by atoms with van der Waals surface area (Å²) in [5.74, 6) is 1.86. The Morgan fingerprint density at radius 2 is 2.13 bits per heavy atom. The van der Waals surface area contributed by atoms with Gasteiger partial charge >= 0.3 is 0 Å². The second kappa shape index (κ2) is 6.19. The number of H-pyrrole nitrogens is 1. The van der Waals surface area contributed by atoms with Gasteiger partial charge in [-0.15, -0.1) is 0 Å². The smallest absolute Gasteiger partial charge is 0.223 e. The van der Waals surface area contributed by atoms with Crippen LogP contribution in [0, 0.1) is 19.8 Å². The molecule has 0 unspecified atom stereocenters. The summed E-state index contributed by atoms with van der Waals surface area (Å²) >= 11 is 0. The maximum absolute atomic E-state index is 12.1. The number of likely N-dealkylation sites (tertiary alicyclic amines) is 1. The standard InChI is InChI=1S/C19H25N3O/c1-12(2)10-22-11-15(8-18(22)23)19-20-9-17(21-19)16-6-5-13(3)7-14(16)4/h5-7,9,12,15H,8,10-11H2,1-4H3,(H,20,21)/t15-/m1/s1. The molecule has 0 saturated carbocycles. The van der Waals surface area contributed by atoms with E-state index in [-0.39, 0.29) is 11.8 Å². The summed E-state index contributed by atoms with van der Waals surface area (Å²) in [6.45, 7) is 10.1. The van der Waals surface area contributed by atoms with Crippen molar-refractivity contribution < 1.29 is 4.79 Å². The zero-order valence-electron chi connectivity index (χ0n) is 14.4. The highest BCUT2D eigenvalue weighted by atomic mass is 16.2. The van der Waals surface area contributed by atoms with Gasteiger partial charge in [0, 0.05) is 31.0 Å². The van der Waals surface area contributed by atoms with E-state index in [0.717, 1.165) is 24.6 Å². The van der Waals surface area contributed by atoms with E-state index in [9.17, 15) is 4.79 Å². The van der Waals surface area contributed by atoms with Crippen LogP contribution in [-0.2, 0) is 4.79 Å². The minimum absolute atomic E-state index is 0.181. The number of carbonyl (C=O) groups excluding carboxylic acids is 1. The number of aromatic amines is 1. The highest BCUT2D eigenvalue weighted by molar-refractivity contribution is 5.79. The minimum atomic E-state index is 0.181. The van der Waals surface area contributed by atoms with Crippen molar-refractivity contribution in [1.29, 1.82) is 0 Å². The first-order valence-corrected chi connectivity index (χ1v) is 8.34. The van der Waals surface area contributed by atoms with Gasteiger partial charge in [0.1, 0.15) is 5.82 Å². The Morgan fingerprint density at radius 1 is 1.35 bits per heavy atom. The van der Waals surface area contributed by atoms with Gasteiger partial charge in [-0.05, 0) is 25.3 Å². The van der Waals surface area contributed by atoms with Crippen LogP contribution in [0.2, 0.25) is 0 Å². The molecule has 4 heteroatoms. The quantitative estimate of drug-likeness (QED) is 0.936. The molecule has 1 fully saturated rings. The van der Waals surface area contributed by atoms with Crippen LogP contribution in [0.15, 0.2) is 24.4 Å². The molecule has 1 aliphatic rings. The van der Waals surface area contributed by atoms with Gasteiger partial charge in [0.25, 0.3) is 0 Å². The number of nitrogens with zero attached hydrogens (tertiary/aromatic N) is 2. The van der Waals surface area contributed by atoms with Crippen LogP contribution >= 0.6 is 0 Å². The molecule has 0 bridgehead atoms. The topological polar surface area (TPSA) is 49.0 Å². The van der Waals surface area contributed by atoms with E-state index < -0.39 is 0 Å². The van der Waals surface area contributed by atoms with Gasteiger partial charge in [-0.2, -0.15) is 0 Å². The molecule has 2 aromatic rings. The molecular formula is C19H25N3O. The van der Waals surface area contributed by atoms with Gasteiger partial charge in [0.05, 0.1) is 11.9 Å². The fourth-order valence-electron chi connectivity index (χ4n) is 3.37. The van der Waals surface area contributed by atoms with E-state index in [2.05, 4.69) is 55.9 Å². The molecule has 4 nitrogen and oxygen atoms in total. The fourth-order valence-corrected chi connectivity index (χ4v) is 3.37. The van der Waals surface area contributed by atoms with Crippen molar-refractivity contribution in [3.05, 3.63) is 41.3 Å². The van der Waals surface area contributed by atoms with E-state index in [4.69, 9.17) is 0 Å². The lowest BCUT2D eigenvalue weighted by Gasteiger charge is -2.18. The van der Waals surface area contributed by atoms with Crippen molar-refractivity contribution >= 4 is 5.91 Å². The molecule has 1 aromatic carbocycles. The molecule has 1 N–H and O–H groups in total. The van der Waals surface area contributed by atoms with Crippen LogP contribution in [0.5, 0.6) is 0 Å². The Morgan fingerprint density at radius 3 is 2.83 bits per heavy atom. The molecule has 122 valence electrons. The van der Waals surface area contributed by atoms with Gasteiger partial charge < -0.3 is 9.88 Å². The summed E-state index contributed by atoms with van der Waals surface area (Å²) in [6, 6.07) is 6.43. The minimum Gasteiger partial charge on any atom is -0.342 e. The third kappa shape index (κ3) is 3.31. The average molecular weight is 311 g/mol. The molecule has 1 aromatic heterocycles. The second-order valence-electron chi connectivity index (χ2n) is 7.09. The molecular weight excluding hydrogens is 286 g/mol. The molecule has 1 saturated heterocycles. The van der Waals surface area contributed by atoms with Crippen molar-refractivity contribution in [3.63, 3.8) is 0 Å². The number of benzene rings is 1. The first-order chi connectivity index (χ1) is 10.9. The van der Waals surface area contributed by atoms with E-state index in [1.54, 1.807) is 0 Å². The monoisotopic (exact) mass is 311 g/mol. The van der Waals surface area contributed by atoms with E-state index >= 15 is 0 Å². The zero-order chi connectivity index (χ0) is 16.6. The summed E-state index contributed by atoms with van der Waals surface area (Å²) in [7, 11) is 0. The van der Waals surface area contributed by atoms with Crippen LogP contribution in [0.1, 0.15) is 43.1 Å². The molecule has 2 heterocycles. The van der Waals surface area contributed by atoms with Crippen LogP contribution < -0.4 is 0 Å². The number of aryl methyl sites for hydroxylation is 2. The highest BCUT2D eigenvalue weighted by Gasteiger charge is 2.32. The van der Waals surface area contributed by atoms with Gasteiger partial charge in [-0.1, -0.05) is 37.6 Å². The zero-order valence-corrected chi connectivity index (χ0v) is 14.4. The Balaban J connectivity index is 1.79. The number of rotatable bonds is 4. The maximum Gasteiger partial charge on any atom is 0.223 e. The lowest BCUT2D eigenvalue weighted by atomic mass is 10.0. The average Bonchev–Trinajstić information content (AvgIpc) is 3.06. The first kappa shape index (κ1) is 15.8. The summed E-state index contributed by atoms with van der Waals surface area (Å²) in [5, 5.41) is 0. The summed E-state index contributed by atoms with van der Waals surface area (Å²) < 4.78 is 0. The van der Waals surface area contributed by atoms with Gasteiger partial charge in [-0.25, -0.2) is 4.98 Å².